The summed E-state index contributed by atoms with van der Waals surface area (Å²) in [7, 11) is -3.50. The summed E-state index contributed by atoms with van der Waals surface area (Å²) >= 11 is 0. The first-order valence-corrected chi connectivity index (χ1v) is 12.0. The topological polar surface area (TPSA) is 81.0 Å². The van der Waals surface area contributed by atoms with Gasteiger partial charge in [-0.2, -0.15) is 0 Å². The molecule has 1 saturated heterocycles. The second kappa shape index (κ2) is 9.06. The Morgan fingerprint density at radius 2 is 1.70 bits per heavy atom. The van der Waals surface area contributed by atoms with Crippen LogP contribution in [-0.2, 0) is 28.7 Å². The zero-order valence-electron chi connectivity index (χ0n) is 17.2. The number of aryl methyl sites for hydroxylation is 1. The van der Waals surface area contributed by atoms with Crippen LogP contribution in [0.2, 0.25) is 0 Å². The average Bonchev–Trinajstić information content (AvgIpc) is 3.16. The number of aromatic nitrogens is 4. The maximum Gasteiger partial charge on any atom is 0.198 e. The van der Waals surface area contributed by atoms with Gasteiger partial charge >= 0.3 is 0 Å². The molecule has 4 rings (SSSR count). The standard InChI is InChI=1S/C22H27N5O2S/c1-18-7-9-21(10-8-18)30(28,29)17-27-22(23-24-25-27)16-26-13-11-20(12-14-26)15-19-5-3-2-4-6-19/h2-10,20H,11-17H2,1H3. The molecule has 0 radical (unpaired) electrons. The largest absolute Gasteiger partial charge is 0.296 e. The van der Waals surface area contributed by atoms with Crippen LogP contribution in [-0.4, -0.2) is 46.6 Å². The molecule has 0 aliphatic carbocycles. The van der Waals surface area contributed by atoms with Gasteiger partial charge in [-0.25, -0.2) is 13.1 Å². The van der Waals surface area contributed by atoms with Crippen molar-refractivity contribution in [2.24, 2.45) is 5.92 Å². The first-order chi connectivity index (χ1) is 14.5. The quantitative estimate of drug-likeness (QED) is 0.579. The number of hydrogen-bond donors (Lipinski definition) is 0. The lowest BCUT2D eigenvalue weighted by molar-refractivity contribution is 0.171. The second-order valence-corrected chi connectivity index (χ2v) is 10.0. The molecule has 30 heavy (non-hydrogen) atoms. The average molecular weight is 426 g/mol. The van der Waals surface area contributed by atoms with E-state index in [2.05, 4.69) is 50.8 Å². The van der Waals surface area contributed by atoms with Crippen molar-refractivity contribution in [3.05, 3.63) is 71.5 Å². The number of nitrogens with zero attached hydrogens (tertiary/aromatic N) is 5. The number of piperidine rings is 1. The lowest BCUT2D eigenvalue weighted by atomic mass is 9.90. The Bertz CT molecular complexity index is 1060. The molecule has 0 N–H and O–H groups in total. The van der Waals surface area contributed by atoms with Gasteiger partial charge in [0.05, 0.1) is 11.4 Å². The van der Waals surface area contributed by atoms with Gasteiger partial charge in [0.25, 0.3) is 0 Å². The number of sulfone groups is 1. The third-order valence-corrected chi connectivity index (χ3v) is 7.29. The highest BCUT2D eigenvalue weighted by molar-refractivity contribution is 7.90. The van der Waals surface area contributed by atoms with E-state index < -0.39 is 9.84 Å². The molecule has 3 aromatic rings. The van der Waals surface area contributed by atoms with Gasteiger partial charge in [-0.15, -0.1) is 5.10 Å². The molecular formula is C22H27N5O2S. The number of tetrazole rings is 1. The molecular weight excluding hydrogens is 398 g/mol. The van der Waals surface area contributed by atoms with Crippen LogP contribution in [0.1, 0.15) is 29.8 Å². The van der Waals surface area contributed by atoms with Crippen molar-refractivity contribution < 1.29 is 8.42 Å². The Morgan fingerprint density at radius 1 is 1.00 bits per heavy atom. The fourth-order valence-corrected chi connectivity index (χ4v) is 5.14. The van der Waals surface area contributed by atoms with Crippen molar-refractivity contribution in [3.8, 4) is 0 Å². The summed E-state index contributed by atoms with van der Waals surface area (Å²) in [6, 6.07) is 17.5. The molecule has 1 aliphatic rings. The Balaban J connectivity index is 1.35. The monoisotopic (exact) mass is 425 g/mol. The zero-order chi connectivity index (χ0) is 21.0. The van der Waals surface area contributed by atoms with Crippen LogP contribution in [0.5, 0.6) is 0 Å². The molecule has 0 unspecified atom stereocenters. The lowest BCUT2D eigenvalue weighted by Gasteiger charge is -2.31. The van der Waals surface area contributed by atoms with Crippen LogP contribution in [0.15, 0.2) is 59.5 Å². The summed E-state index contributed by atoms with van der Waals surface area (Å²) in [6.45, 7) is 4.43. The molecule has 0 spiro atoms. The Kier molecular flexibility index (Phi) is 6.24. The second-order valence-electron chi connectivity index (χ2n) is 8.06. The minimum absolute atomic E-state index is 0.247. The Hall–Kier alpha value is -2.58. The summed E-state index contributed by atoms with van der Waals surface area (Å²) in [5.41, 5.74) is 2.41. The van der Waals surface area contributed by atoms with Gasteiger partial charge in [-0.3, -0.25) is 4.90 Å². The molecule has 2 heterocycles. The third-order valence-electron chi connectivity index (χ3n) is 5.72. The van der Waals surface area contributed by atoms with E-state index in [4.69, 9.17) is 0 Å². The van der Waals surface area contributed by atoms with Gasteiger partial charge in [0.1, 0.15) is 0 Å². The van der Waals surface area contributed by atoms with Crippen molar-refractivity contribution in [1.82, 2.24) is 25.1 Å². The smallest absolute Gasteiger partial charge is 0.198 e. The van der Waals surface area contributed by atoms with Crippen molar-refractivity contribution in [2.45, 2.75) is 43.5 Å². The van der Waals surface area contributed by atoms with E-state index in [1.807, 2.05) is 6.92 Å². The van der Waals surface area contributed by atoms with E-state index in [0.717, 1.165) is 37.9 Å². The fraction of sp³-hybridized carbons (Fsp3) is 0.409. The maximum absolute atomic E-state index is 12.7. The van der Waals surface area contributed by atoms with E-state index in [0.29, 0.717) is 18.3 Å². The van der Waals surface area contributed by atoms with Crippen molar-refractivity contribution >= 4 is 9.84 Å². The number of likely N-dealkylation sites (tertiary alicyclic amines) is 1. The molecule has 0 atom stereocenters. The number of rotatable bonds is 7. The van der Waals surface area contributed by atoms with Crippen molar-refractivity contribution in [1.29, 1.82) is 0 Å². The van der Waals surface area contributed by atoms with Gasteiger partial charge in [-0.05, 0) is 73.3 Å². The molecule has 158 valence electrons. The summed E-state index contributed by atoms with van der Waals surface area (Å²) in [5, 5.41) is 11.7. The lowest BCUT2D eigenvalue weighted by Crippen LogP contribution is -2.35. The molecule has 0 amide bonds. The first-order valence-electron chi connectivity index (χ1n) is 10.3. The van der Waals surface area contributed by atoms with Gasteiger partial charge in [-0.1, -0.05) is 48.0 Å². The summed E-state index contributed by atoms with van der Waals surface area (Å²) in [4.78, 5) is 2.60. The maximum atomic E-state index is 12.7. The van der Waals surface area contributed by atoms with Crippen molar-refractivity contribution in [3.63, 3.8) is 0 Å². The normalized spacial score (nSPS) is 16.0. The predicted molar refractivity (Wildman–Crippen MR) is 114 cm³/mol. The van der Waals surface area contributed by atoms with Gasteiger partial charge in [0, 0.05) is 0 Å². The molecule has 1 aromatic heterocycles. The molecule has 1 fully saturated rings. The summed E-state index contributed by atoms with van der Waals surface area (Å²) < 4.78 is 26.9. The highest BCUT2D eigenvalue weighted by Crippen LogP contribution is 2.23. The van der Waals surface area contributed by atoms with Crippen molar-refractivity contribution in [2.75, 3.05) is 13.1 Å². The van der Waals surface area contributed by atoms with E-state index in [9.17, 15) is 8.42 Å². The van der Waals surface area contributed by atoms with E-state index in [1.54, 1.807) is 24.3 Å². The highest BCUT2D eigenvalue weighted by atomic mass is 32.2. The number of hydrogen-bond acceptors (Lipinski definition) is 6. The molecule has 1 aliphatic heterocycles. The van der Waals surface area contributed by atoms with E-state index in [1.165, 1.54) is 10.2 Å². The molecule has 7 nitrogen and oxygen atoms in total. The Morgan fingerprint density at radius 3 is 2.40 bits per heavy atom. The minimum atomic E-state index is -3.50. The van der Waals surface area contributed by atoms with E-state index >= 15 is 0 Å². The summed E-state index contributed by atoms with van der Waals surface area (Å²) in [6.07, 6.45) is 3.36. The number of benzene rings is 2. The Labute approximate surface area is 177 Å². The van der Waals surface area contributed by atoms with E-state index in [-0.39, 0.29) is 10.8 Å². The minimum Gasteiger partial charge on any atom is -0.296 e. The van der Waals surface area contributed by atoms with Crippen LogP contribution >= 0.6 is 0 Å². The molecule has 0 saturated carbocycles. The van der Waals surface area contributed by atoms with Crippen LogP contribution in [0.4, 0.5) is 0 Å². The summed E-state index contributed by atoms with van der Waals surface area (Å²) in [5.74, 6) is 1.02. The van der Waals surface area contributed by atoms with Crippen LogP contribution in [0.3, 0.4) is 0 Å². The molecule has 0 bridgehead atoms. The molecule has 8 heteroatoms. The first kappa shape index (κ1) is 20.7. The highest BCUT2D eigenvalue weighted by Gasteiger charge is 2.23. The van der Waals surface area contributed by atoms with Gasteiger partial charge < -0.3 is 0 Å². The molecule has 2 aromatic carbocycles. The van der Waals surface area contributed by atoms with Crippen LogP contribution in [0.25, 0.3) is 0 Å². The zero-order valence-corrected chi connectivity index (χ0v) is 18.0. The van der Waals surface area contributed by atoms with Gasteiger partial charge in [0.15, 0.2) is 21.5 Å². The predicted octanol–water partition coefficient (Wildman–Crippen LogP) is 2.87. The third kappa shape index (κ3) is 5.12. The van der Waals surface area contributed by atoms with Crippen LogP contribution < -0.4 is 0 Å². The van der Waals surface area contributed by atoms with Gasteiger partial charge in [0.2, 0.25) is 0 Å². The SMILES string of the molecule is Cc1ccc(S(=O)(=O)Cn2nnnc2CN2CCC(Cc3ccccc3)CC2)cc1. The fourth-order valence-electron chi connectivity index (χ4n) is 3.91. The van der Waals surface area contributed by atoms with Crippen LogP contribution in [0, 0.1) is 12.8 Å².